The van der Waals surface area contributed by atoms with Gasteiger partial charge in [0.1, 0.15) is 17.4 Å². The summed E-state index contributed by atoms with van der Waals surface area (Å²) in [7, 11) is 0. The van der Waals surface area contributed by atoms with E-state index >= 15 is 0 Å². The molecule has 0 N–H and O–H groups in total. The van der Waals surface area contributed by atoms with E-state index in [0.717, 1.165) is 21.8 Å². The van der Waals surface area contributed by atoms with Gasteiger partial charge in [-0.25, -0.2) is 9.37 Å². The SMILES string of the molecule is Cc1ccc(-c2nc(COC(=O)Cc3ccc(F)cc3)cs2)cc1. The van der Waals surface area contributed by atoms with Gasteiger partial charge in [-0.15, -0.1) is 11.3 Å². The molecular formula is C19H16FNO2S. The first-order chi connectivity index (χ1) is 11.6. The van der Waals surface area contributed by atoms with Crippen LogP contribution in [0.15, 0.2) is 53.9 Å². The number of carbonyl (C=O) groups excluding carboxylic acids is 1. The minimum absolute atomic E-state index is 0.120. The summed E-state index contributed by atoms with van der Waals surface area (Å²) in [6.07, 6.45) is 0.120. The summed E-state index contributed by atoms with van der Waals surface area (Å²) in [4.78, 5) is 16.3. The second-order valence-corrected chi connectivity index (χ2v) is 6.33. The fourth-order valence-corrected chi connectivity index (χ4v) is 2.99. The van der Waals surface area contributed by atoms with Crippen LogP contribution in [0.2, 0.25) is 0 Å². The number of carbonyl (C=O) groups is 1. The van der Waals surface area contributed by atoms with Crippen molar-refractivity contribution in [1.29, 1.82) is 0 Å². The highest BCUT2D eigenvalue weighted by molar-refractivity contribution is 7.13. The summed E-state index contributed by atoms with van der Waals surface area (Å²) in [5.41, 5.74) is 3.70. The number of halogens is 1. The molecule has 3 nitrogen and oxygen atoms in total. The van der Waals surface area contributed by atoms with Gasteiger partial charge in [-0.1, -0.05) is 42.0 Å². The highest BCUT2D eigenvalue weighted by Gasteiger charge is 2.09. The number of hydrogen-bond acceptors (Lipinski definition) is 4. The van der Waals surface area contributed by atoms with Crippen LogP contribution < -0.4 is 0 Å². The Bertz CT molecular complexity index is 825. The zero-order chi connectivity index (χ0) is 16.9. The van der Waals surface area contributed by atoms with E-state index in [9.17, 15) is 9.18 Å². The van der Waals surface area contributed by atoms with E-state index in [1.807, 2.05) is 36.6 Å². The monoisotopic (exact) mass is 341 g/mol. The minimum Gasteiger partial charge on any atom is -0.459 e. The third kappa shape index (κ3) is 4.26. The van der Waals surface area contributed by atoms with Crippen LogP contribution >= 0.6 is 11.3 Å². The van der Waals surface area contributed by atoms with Crippen LogP contribution in [0, 0.1) is 12.7 Å². The molecule has 0 amide bonds. The topological polar surface area (TPSA) is 39.2 Å². The molecule has 3 rings (SSSR count). The quantitative estimate of drug-likeness (QED) is 0.640. The van der Waals surface area contributed by atoms with E-state index in [-0.39, 0.29) is 24.8 Å². The van der Waals surface area contributed by atoms with E-state index in [1.54, 1.807) is 12.1 Å². The van der Waals surface area contributed by atoms with Gasteiger partial charge in [-0.2, -0.15) is 0 Å². The van der Waals surface area contributed by atoms with Gasteiger partial charge < -0.3 is 4.74 Å². The molecular weight excluding hydrogens is 325 g/mol. The maximum atomic E-state index is 12.8. The number of aryl methyl sites for hydroxylation is 1. The Kier molecular flexibility index (Phi) is 5.01. The lowest BCUT2D eigenvalue weighted by atomic mass is 10.1. The lowest BCUT2D eigenvalue weighted by Crippen LogP contribution is -2.08. The molecule has 0 atom stereocenters. The van der Waals surface area contributed by atoms with E-state index in [2.05, 4.69) is 4.98 Å². The molecule has 0 aliphatic carbocycles. The molecule has 3 aromatic rings. The van der Waals surface area contributed by atoms with Crippen molar-refractivity contribution >= 4 is 17.3 Å². The number of thiazole rings is 1. The molecule has 0 spiro atoms. The van der Waals surface area contributed by atoms with Gasteiger partial charge >= 0.3 is 5.97 Å². The lowest BCUT2D eigenvalue weighted by molar-refractivity contribution is -0.144. The summed E-state index contributed by atoms with van der Waals surface area (Å²) in [5.74, 6) is -0.676. The van der Waals surface area contributed by atoms with Gasteiger partial charge in [0.15, 0.2) is 0 Å². The molecule has 0 aliphatic heterocycles. The van der Waals surface area contributed by atoms with Crippen LogP contribution in [0.3, 0.4) is 0 Å². The van der Waals surface area contributed by atoms with E-state index in [1.165, 1.54) is 29.0 Å². The van der Waals surface area contributed by atoms with E-state index in [4.69, 9.17) is 4.74 Å². The average molecular weight is 341 g/mol. The Labute approximate surface area is 143 Å². The molecule has 0 aliphatic rings. The maximum Gasteiger partial charge on any atom is 0.310 e. The van der Waals surface area contributed by atoms with Crippen molar-refractivity contribution in [2.75, 3.05) is 0 Å². The Morgan fingerprint density at radius 1 is 1.12 bits per heavy atom. The molecule has 122 valence electrons. The molecule has 5 heteroatoms. The second kappa shape index (κ2) is 7.36. The average Bonchev–Trinajstić information content (AvgIpc) is 3.05. The van der Waals surface area contributed by atoms with Crippen molar-refractivity contribution in [3.63, 3.8) is 0 Å². The van der Waals surface area contributed by atoms with Crippen LogP contribution in [0.25, 0.3) is 10.6 Å². The van der Waals surface area contributed by atoms with Gasteiger partial charge in [0.25, 0.3) is 0 Å². The zero-order valence-electron chi connectivity index (χ0n) is 13.2. The molecule has 0 radical (unpaired) electrons. The third-order valence-corrected chi connectivity index (χ3v) is 4.43. The molecule has 0 unspecified atom stereocenters. The second-order valence-electron chi connectivity index (χ2n) is 5.47. The molecule has 1 aromatic heterocycles. The largest absolute Gasteiger partial charge is 0.459 e. The summed E-state index contributed by atoms with van der Waals surface area (Å²) in [5, 5.41) is 2.79. The van der Waals surface area contributed by atoms with Gasteiger partial charge in [0.2, 0.25) is 0 Å². The smallest absolute Gasteiger partial charge is 0.310 e. The molecule has 0 bridgehead atoms. The van der Waals surface area contributed by atoms with Crippen LogP contribution in [0.5, 0.6) is 0 Å². The Balaban J connectivity index is 1.56. The van der Waals surface area contributed by atoms with Gasteiger partial charge in [0, 0.05) is 10.9 Å². The predicted octanol–water partition coefficient (Wildman–Crippen LogP) is 4.54. The summed E-state index contributed by atoms with van der Waals surface area (Å²) in [6, 6.07) is 14.0. The van der Waals surface area contributed by atoms with Gasteiger partial charge in [-0.3, -0.25) is 4.79 Å². The van der Waals surface area contributed by atoms with Crippen molar-refractivity contribution in [3.05, 3.63) is 76.5 Å². The first-order valence-corrected chi connectivity index (χ1v) is 8.39. The molecule has 24 heavy (non-hydrogen) atoms. The van der Waals surface area contributed by atoms with Crippen LogP contribution in [-0.4, -0.2) is 11.0 Å². The Morgan fingerprint density at radius 3 is 2.54 bits per heavy atom. The Morgan fingerprint density at radius 2 is 1.83 bits per heavy atom. The highest BCUT2D eigenvalue weighted by atomic mass is 32.1. The van der Waals surface area contributed by atoms with Gasteiger partial charge in [-0.05, 0) is 24.6 Å². The maximum absolute atomic E-state index is 12.8. The van der Waals surface area contributed by atoms with Crippen molar-refractivity contribution in [1.82, 2.24) is 4.98 Å². The molecule has 0 saturated carbocycles. The fourth-order valence-electron chi connectivity index (χ4n) is 2.18. The summed E-state index contributed by atoms with van der Waals surface area (Å²) in [6.45, 7) is 2.18. The van der Waals surface area contributed by atoms with Crippen LogP contribution in [-0.2, 0) is 22.6 Å². The first kappa shape index (κ1) is 16.3. The third-order valence-electron chi connectivity index (χ3n) is 3.49. The lowest BCUT2D eigenvalue weighted by Gasteiger charge is -2.03. The number of esters is 1. The standard InChI is InChI=1S/C19H16FNO2S/c1-13-2-6-15(7-3-13)19-21-17(12-24-19)11-23-18(22)10-14-4-8-16(20)9-5-14/h2-9,12H,10-11H2,1H3. The summed E-state index contributed by atoms with van der Waals surface area (Å²) >= 11 is 1.52. The van der Waals surface area contributed by atoms with Crippen molar-refractivity contribution in [3.8, 4) is 10.6 Å². The number of hydrogen-bond donors (Lipinski definition) is 0. The molecule has 1 heterocycles. The number of rotatable bonds is 5. The number of ether oxygens (including phenoxy) is 1. The van der Waals surface area contributed by atoms with Crippen molar-refractivity contribution in [2.45, 2.75) is 20.0 Å². The van der Waals surface area contributed by atoms with Crippen LogP contribution in [0.1, 0.15) is 16.8 Å². The Hall–Kier alpha value is -2.53. The van der Waals surface area contributed by atoms with Crippen molar-refractivity contribution < 1.29 is 13.9 Å². The first-order valence-electron chi connectivity index (χ1n) is 7.52. The zero-order valence-corrected chi connectivity index (χ0v) is 14.0. The van der Waals surface area contributed by atoms with Gasteiger partial charge in [0.05, 0.1) is 12.1 Å². The van der Waals surface area contributed by atoms with E-state index in [0.29, 0.717) is 0 Å². The van der Waals surface area contributed by atoms with Crippen molar-refractivity contribution in [2.24, 2.45) is 0 Å². The molecule has 0 fully saturated rings. The number of nitrogens with zero attached hydrogens (tertiary/aromatic N) is 1. The molecule has 0 saturated heterocycles. The minimum atomic E-state index is -0.355. The highest BCUT2D eigenvalue weighted by Crippen LogP contribution is 2.24. The normalized spacial score (nSPS) is 10.6. The summed E-state index contributed by atoms with van der Waals surface area (Å²) < 4.78 is 18.1. The fraction of sp³-hybridized carbons (Fsp3) is 0.158. The number of benzene rings is 2. The molecule has 2 aromatic carbocycles. The van der Waals surface area contributed by atoms with E-state index < -0.39 is 0 Å². The predicted molar refractivity (Wildman–Crippen MR) is 92.2 cm³/mol. The number of aromatic nitrogens is 1. The van der Waals surface area contributed by atoms with Crippen LogP contribution in [0.4, 0.5) is 4.39 Å².